The van der Waals surface area contributed by atoms with Gasteiger partial charge in [-0.15, -0.1) is 11.3 Å². The lowest BCUT2D eigenvalue weighted by Crippen LogP contribution is -2.39. The van der Waals surface area contributed by atoms with E-state index in [-0.39, 0.29) is 0 Å². The Hall–Kier alpha value is -0.450. The normalized spacial score (nSPS) is 15.4. The summed E-state index contributed by atoms with van der Waals surface area (Å²) < 4.78 is 0. The molecule has 0 aliphatic heterocycles. The van der Waals surface area contributed by atoms with Crippen LogP contribution in [-0.2, 0) is 6.42 Å². The summed E-state index contributed by atoms with van der Waals surface area (Å²) in [4.78, 5) is 4.33. The largest absolute Gasteiger partial charge is 0.388 e. The number of hydrogen-bond donors (Lipinski definition) is 2. The van der Waals surface area contributed by atoms with Gasteiger partial charge in [0.05, 0.1) is 16.3 Å². The Morgan fingerprint density at radius 2 is 2.36 bits per heavy atom. The molecule has 4 heteroatoms. The molecule has 1 atom stereocenters. The molecule has 0 amide bonds. The molecule has 0 radical (unpaired) electrons. The summed E-state index contributed by atoms with van der Waals surface area (Å²) in [5.74, 6) is 0. The van der Waals surface area contributed by atoms with Crippen molar-refractivity contribution in [1.82, 2.24) is 4.98 Å². The number of nitrogens with two attached hydrogens (primary N) is 1. The van der Waals surface area contributed by atoms with E-state index in [2.05, 4.69) is 4.98 Å². The molecule has 14 heavy (non-hydrogen) atoms. The first-order valence-electron chi connectivity index (χ1n) is 4.93. The fourth-order valence-electron chi connectivity index (χ4n) is 1.55. The maximum absolute atomic E-state index is 10.1. The molecule has 0 saturated heterocycles. The number of aliphatic hydroxyl groups is 1. The van der Waals surface area contributed by atoms with Crippen molar-refractivity contribution in [2.24, 2.45) is 5.73 Å². The van der Waals surface area contributed by atoms with E-state index in [0.717, 1.165) is 23.5 Å². The molecule has 3 nitrogen and oxygen atoms in total. The molecule has 0 aliphatic rings. The first-order chi connectivity index (χ1) is 6.59. The molecular weight excluding hydrogens is 196 g/mol. The average molecular weight is 214 g/mol. The highest BCUT2D eigenvalue weighted by atomic mass is 32.1. The third kappa shape index (κ3) is 3.04. The predicted octanol–water partition coefficient (Wildman–Crippen LogP) is 1.48. The molecule has 0 bridgehead atoms. The topological polar surface area (TPSA) is 59.1 Å². The fourth-order valence-corrected chi connectivity index (χ4v) is 2.17. The van der Waals surface area contributed by atoms with E-state index in [1.807, 2.05) is 19.2 Å². The molecule has 0 spiro atoms. The molecule has 0 aliphatic carbocycles. The summed E-state index contributed by atoms with van der Waals surface area (Å²) >= 11 is 1.61. The lowest BCUT2D eigenvalue weighted by atomic mass is 9.93. The second kappa shape index (κ2) is 4.87. The van der Waals surface area contributed by atoms with E-state index in [0.29, 0.717) is 13.0 Å². The van der Waals surface area contributed by atoms with Crippen LogP contribution >= 0.6 is 11.3 Å². The van der Waals surface area contributed by atoms with Gasteiger partial charge in [-0.2, -0.15) is 0 Å². The maximum atomic E-state index is 10.1. The maximum Gasteiger partial charge on any atom is 0.0897 e. The van der Waals surface area contributed by atoms with Crippen LogP contribution in [0.1, 0.15) is 30.5 Å². The predicted molar refractivity (Wildman–Crippen MR) is 59.5 cm³/mol. The van der Waals surface area contributed by atoms with Gasteiger partial charge in [0, 0.05) is 18.3 Å². The van der Waals surface area contributed by atoms with Gasteiger partial charge >= 0.3 is 0 Å². The van der Waals surface area contributed by atoms with Gasteiger partial charge in [-0.3, -0.25) is 0 Å². The quantitative estimate of drug-likeness (QED) is 0.780. The molecule has 1 unspecified atom stereocenters. The summed E-state index contributed by atoms with van der Waals surface area (Å²) in [7, 11) is 0. The number of aromatic nitrogens is 1. The summed E-state index contributed by atoms with van der Waals surface area (Å²) in [6, 6.07) is 0. The summed E-state index contributed by atoms with van der Waals surface area (Å²) in [5, 5.41) is 13.2. The number of thiazole rings is 1. The van der Waals surface area contributed by atoms with Crippen molar-refractivity contribution in [1.29, 1.82) is 0 Å². The Morgan fingerprint density at radius 3 is 2.79 bits per heavy atom. The van der Waals surface area contributed by atoms with Gasteiger partial charge in [-0.05, 0) is 13.3 Å². The van der Waals surface area contributed by atoms with E-state index in [4.69, 9.17) is 5.73 Å². The smallest absolute Gasteiger partial charge is 0.0897 e. The molecule has 3 N–H and O–H groups in total. The Balaban J connectivity index is 2.64. The minimum atomic E-state index is -0.769. The molecule has 0 saturated carbocycles. The minimum absolute atomic E-state index is 0.303. The zero-order chi connectivity index (χ0) is 10.6. The molecule has 1 heterocycles. The van der Waals surface area contributed by atoms with E-state index in [9.17, 15) is 5.11 Å². The number of rotatable bonds is 5. The second-order valence-electron chi connectivity index (χ2n) is 3.71. The molecule has 0 fully saturated rings. The molecular formula is C10H18N2OS. The monoisotopic (exact) mass is 214 g/mol. The van der Waals surface area contributed by atoms with Crippen LogP contribution in [0.3, 0.4) is 0 Å². The molecule has 1 aromatic heterocycles. The van der Waals surface area contributed by atoms with Gasteiger partial charge in [0.2, 0.25) is 0 Å². The Labute approximate surface area is 89.0 Å². The van der Waals surface area contributed by atoms with Crippen molar-refractivity contribution in [3.05, 3.63) is 16.1 Å². The van der Waals surface area contributed by atoms with Crippen LogP contribution in [-0.4, -0.2) is 22.2 Å². The fraction of sp³-hybridized carbons (Fsp3) is 0.700. The first-order valence-corrected chi connectivity index (χ1v) is 5.81. The van der Waals surface area contributed by atoms with Crippen LogP contribution < -0.4 is 5.73 Å². The summed E-state index contributed by atoms with van der Waals surface area (Å²) in [6.07, 6.45) is 2.25. The SMILES string of the molecule is CCCC(O)(CN)Cc1csc(C)n1. The van der Waals surface area contributed by atoms with Crippen LogP contribution in [0.4, 0.5) is 0 Å². The van der Waals surface area contributed by atoms with Crippen molar-refractivity contribution in [3.63, 3.8) is 0 Å². The van der Waals surface area contributed by atoms with Gasteiger partial charge in [0.15, 0.2) is 0 Å². The van der Waals surface area contributed by atoms with Gasteiger partial charge in [-0.25, -0.2) is 4.98 Å². The number of hydrogen-bond acceptors (Lipinski definition) is 4. The lowest BCUT2D eigenvalue weighted by Gasteiger charge is -2.24. The minimum Gasteiger partial charge on any atom is -0.388 e. The Bertz CT molecular complexity index is 287. The van der Waals surface area contributed by atoms with Crippen LogP contribution in [0.2, 0.25) is 0 Å². The Morgan fingerprint density at radius 1 is 1.64 bits per heavy atom. The highest BCUT2D eigenvalue weighted by Gasteiger charge is 2.25. The van der Waals surface area contributed by atoms with E-state index in [1.165, 1.54) is 0 Å². The molecule has 1 aromatic rings. The third-order valence-electron chi connectivity index (χ3n) is 2.27. The van der Waals surface area contributed by atoms with Crippen molar-refractivity contribution in [2.75, 3.05) is 6.54 Å². The van der Waals surface area contributed by atoms with Crippen molar-refractivity contribution >= 4 is 11.3 Å². The van der Waals surface area contributed by atoms with Gasteiger partial charge in [0.1, 0.15) is 0 Å². The Kier molecular flexibility index (Phi) is 4.04. The molecule has 0 aromatic carbocycles. The number of aryl methyl sites for hydroxylation is 1. The number of nitrogens with zero attached hydrogens (tertiary/aromatic N) is 1. The first kappa shape index (κ1) is 11.6. The highest BCUT2D eigenvalue weighted by Crippen LogP contribution is 2.19. The standard InChI is InChI=1S/C10H18N2OS/c1-3-4-10(13,7-11)5-9-6-14-8(2)12-9/h6,13H,3-5,7,11H2,1-2H3. The zero-order valence-corrected chi connectivity index (χ0v) is 9.60. The van der Waals surface area contributed by atoms with Crippen molar-refractivity contribution in [2.45, 2.75) is 38.7 Å². The second-order valence-corrected chi connectivity index (χ2v) is 4.78. The summed E-state index contributed by atoms with van der Waals surface area (Å²) in [5.41, 5.74) is 5.76. The lowest BCUT2D eigenvalue weighted by molar-refractivity contribution is 0.0391. The van der Waals surface area contributed by atoms with Gasteiger partial charge in [-0.1, -0.05) is 13.3 Å². The van der Waals surface area contributed by atoms with Crippen LogP contribution in [0.25, 0.3) is 0 Å². The van der Waals surface area contributed by atoms with Gasteiger partial charge in [0.25, 0.3) is 0 Å². The zero-order valence-electron chi connectivity index (χ0n) is 8.79. The van der Waals surface area contributed by atoms with E-state index in [1.54, 1.807) is 11.3 Å². The summed E-state index contributed by atoms with van der Waals surface area (Å²) in [6.45, 7) is 4.32. The van der Waals surface area contributed by atoms with E-state index >= 15 is 0 Å². The van der Waals surface area contributed by atoms with Crippen molar-refractivity contribution < 1.29 is 5.11 Å². The molecule has 1 rings (SSSR count). The highest BCUT2D eigenvalue weighted by molar-refractivity contribution is 7.09. The van der Waals surface area contributed by atoms with Crippen molar-refractivity contribution in [3.8, 4) is 0 Å². The third-order valence-corrected chi connectivity index (χ3v) is 3.09. The van der Waals surface area contributed by atoms with Crippen LogP contribution in [0.5, 0.6) is 0 Å². The van der Waals surface area contributed by atoms with Crippen LogP contribution in [0, 0.1) is 6.92 Å². The van der Waals surface area contributed by atoms with Crippen LogP contribution in [0.15, 0.2) is 5.38 Å². The van der Waals surface area contributed by atoms with Gasteiger partial charge < -0.3 is 10.8 Å². The average Bonchev–Trinajstić information content (AvgIpc) is 2.51. The van der Waals surface area contributed by atoms with E-state index < -0.39 is 5.60 Å². The molecule has 80 valence electrons.